The molecule has 0 radical (unpaired) electrons. The summed E-state index contributed by atoms with van der Waals surface area (Å²) in [6.45, 7) is 2.30. The Bertz CT molecular complexity index is 346. The second-order valence-corrected chi connectivity index (χ2v) is 5.80. The van der Waals surface area contributed by atoms with Crippen LogP contribution in [0.2, 0.25) is 0 Å². The third-order valence-electron chi connectivity index (χ3n) is 3.59. The lowest BCUT2D eigenvalue weighted by atomic mass is 10.0. The molecule has 0 bridgehead atoms. The lowest BCUT2D eigenvalue weighted by Gasteiger charge is -2.14. The molecule has 0 spiro atoms. The lowest BCUT2D eigenvalue weighted by molar-refractivity contribution is 0.245. The van der Waals surface area contributed by atoms with Crippen LogP contribution in [0.5, 0.6) is 0 Å². The molecule has 1 fully saturated rings. The summed E-state index contributed by atoms with van der Waals surface area (Å²) < 4.78 is 0. The molecule has 0 amide bonds. The Labute approximate surface area is 108 Å². The van der Waals surface area contributed by atoms with E-state index in [1.807, 2.05) is 0 Å². The monoisotopic (exact) mass is 251 g/mol. The molecule has 94 valence electrons. The quantitative estimate of drug-likeness (QED) is 0.731. The number of thioether (sulfide) groups is 1. The van der Waals surface area contributed by atoms with E-state index in [0.29, 0.717) is 12.0 Å². The van der Waals surface area contributed by atoms with Crippen molar-refractivity contribution < 1.29 is 5.11 Å². The maximum atomic E-state index is 8.99. The molecule has 0 heterocycles. The zero-order valence-electron chi connectivity index (χ0n) is 10.4. The van der Waals surface area contributed by atoms with Crippen LogP contribution in [0.25, 0.3) is 0 Å². The minimum Gasteiger partial charge on any atom is -0.396 e. The first-order valence-electron chi connectivity index (χ1n) is 6.22. The first-order chi connectivity index (χ1) is 8.28. The molecule has 0 saturated heterocycles. The van der Waals surface area contributed by atoms with Gasteiger partial charge in [-0.2, -0.15) is 0 Å². The summed E-state index contributed by atoms with van der Waals surface area (Å²) in [5.41, 5.74) is 1.75. The van der Waals surface area contributed by atoms with Crippen LogP contribution in [0.15, 0.2) is 29.2 Å². The van der Waals surface area contributed by atoms with E-state index < -0.39 is 0 Å². The molecule has 2 nitrogen and oxygen atoms in total. The van der Waals surface area contributed by atoms with Crippen LogP contribution >= 0.6 is 11.8 Å². The van der Waals surface area contributed by atoms with Gasteiger partial charge in [-0.1, -0.05) is 12.1 Å². The first-order valence-corrected chi connectivity index (χ1v) is 7.45. The number of nitrogens with one attached hydrogen (secondary N) is 1. The molecule has 3 heteroatoms. The van der Waals surface area contributed by atoms with E-state index in [-0.39, 0.29) is 0 Å². The minimum absolute atomic E-state index is 0.324. The van der Waals surface area contributed by atoms with Crippen LogP contribution in [-0.2, 0) is 6.54 Å². The van der Waals surface area contributed by atoms with Gasteiger partial charge in [-0.25, -0.2) is 0 Å². The minimum atomic E-state index is 0.324. The summed E-state index contributed by atoms with van der Waals surface area (Å²) in [5.74, 6) is 0. The van der Waals surface area contributed by atoms with Crippen LogP contribution in [0.1, 0.15) is 24.8 Å². The van der Waals surface area contributed by atoms with E-state index in [2.05, 4.69) is 35.8 Å². The summed E-state index contributed by atoms with van der Waals surface area (Å²) in [6.07, 6.45) is 5.59. The fourth-order valence-corrected chi connectivity index (χ4v) is 2.55. The average molecular weight is 251 g/mol. The Morgan fingerprint density at radius 1 is 1.29 bits per heavy atom. The van der Waals surface area contributed by atoms with Crippen molar-refractivity contribution in [3.05, 3.63) is 29.8 Å². The van der Waals surface area contributed by atoms with Gasteiger partial charge in [-0.05, 0) is 48.6 Å². The largest absolute Gasteiger partial charge is 0.396 e. The van der Waals surface area contributed by atoms with Crippen molar-refractivity contribution in [2.75, 3.05) is 19.4 Å². The van der Waals surface area contributed by atoms with Crippen LogP contribution < -0.4 is 5.32 Å². The van der Waals surface area contributed by atoms with Gasteiger partial charge in [0.2, 0.25) is 0 Å². The van der Waals surface area contributed by atoms with Gasteiger partial charge in [0.15, 0.2) is 0 Å². The molecule has 0 unspecified atom stereocenters. The third-order valence-corrected chi connectivity index (χ3v) is 4.33. The maximum absolute atomic E-state index is 8.99. The smallest absolute Gasteiger partial charge is 0.0436 e. The fraction of sp³-hybridized carbons (Fsp3) is 0.571. The number of hydrogen-bond acceptors (Lipinski definition) is 3. The predicted molar refractivity (Wildman–Crippen MR) is 73.3 cm³/mol. The zero-order chi connectivity index (χ0) is 12.1. The van der Waals surface area contributed by atoms with Gasteiger partial charge in [0.05, 0.1) is 0 Å². The molecular formula is C14H21NOS. The molecule has 1 aliphatic rings. The molecule has 1 aliphatic carbocycles. The van der Waals surface area contributed by atoms with Crippen LogP contribution in [0.3, 0.4) is 0 Å². The van der Waals surface area contributed by atoms with Gasteiger partial charge in [-0.15, -0.1) is 11.8 Å². The highest BCUT2D eigenvalue weighted by Crippen LogP contribution is 2.47. The average Bonchev–Trinajstić information content (AvgIpc) is 3.11. The number of aliphatic hydroxyl groups excluding tert-OH is 1. The molecule has 1 saturated carbocycles. The van der Waals surface area contributed by atoms with Crippen molar-refractivity contribution in [3.63, 3.8) is 0 Å². The van der Waals surface area contributed by atoms with Crippen LogP contribution in [-0.4, -0.2) is 24.5 Å². The van der Waals surface area contributed by atoms with Crippen LogP contribution in [0, 0.1) is 5.41 Å². The van der Waals surface area contributed by atoms with Gasteiger partial charge < -0.3 is 10.4 Å². The van der Waals surface area contributed by atoms with Crippen molar-refractivity contribution in [1.82, 2.24) is 5.32 Å². The number of rotatable bonds is 7. The standard InChI is InChI=1S/C14H21NOS/c1-17-13-4-2-12(3-5-13)10-15-11-14(6-7-14)8-9-16/h2-5,15-16H,6-11H2,1H3. The van der Waals surface area contributed by atoms with E-state index in [0.717, 1.165) is 19.5 Å². The summed E-state index contributed by atoms with van der Waals surface area (Å²) >= 11 is 1.77. The van der Waals surface area contributed by atoms with Gasteiger partial charge in [0.1, 0.15) is 0 Å². The van der Waals surface area contributed by atoms with E-state index in [9.17, 15) is 0 Å². The van der Waals surface area contributed by atoms with E-state index >= 15 is 0 Å². The molecule has 1 aromatic carbocycles. The Morgan fingerprint density at radius 3 is 2.53 bits per heavy atom. The Kier molecular flexibility index (Phi) is 4.48. The second kappa shape index (κ2) is 5.89. The lowest BCUT2D eigenvalue weighted by Crippen LogP contribution is -2.24. The summed E-state index contributed by atoms with van der Waals surface area (Å²) in [6, 6.07) is 8.71. The van der Waals surface area contributed by atoms with Gasteiger partial charge in [-0.3, -0.25) is 0 Å². The highest BCUT2D eigenvalue weighted by molar-refractivity contribution is 7.98. The molecule has 1 aromatic rings. The maximum Gasteiger partial charge on any atom is 0.0436 e. The molecular weight excluding hydrogens is 230 g/mol. The summed E-state index contributed by atoms with van der Waals surface area (Å²) in [5, 5.41) is 12.5. The zero-order valence-corrected chi connectivity index (χ0v) is 11.2. The SMILES string of the molecule is CSc1ccc(CNCC2(CCO)CC2)cc1. The third kappa shape index (κ3) is 3.73. The van der Waals surface area contributed by atoms with Crippen molar-refractivity contribution >= 4 is 11.8 Å². The van der Waals surface area contributed by atoms with Gasteiger partial charge >= 0.3 is 0 Å². The Balaban J connectivity index is 1.74. The predicted octanol–water partition coefficient (Wildman–Crippen LogP) is 2.66. The normalized spacial score (nSPS) is 17.1. The highest BCUT2D eigenvalue weighted by atomic mass is 32.2. The first kappa shape index (κ1) is 12.9. The fourth-order valence-electron chi connectivity index (χ4n) is 2.14. The molecule has 2 rings (SSSR count). The highest BCUT2D eigenvalue weighted by Gasteiger charge is 2.41. The molecule has 0 aromatic heterocycles. The van der Waals surface area contributed by atoms with Crippen molar-refractivity contribution in [3.8, 4) is 0 Å². The van der Waals surface area contributed by atoms with Crippen molar-refractivity contribution in [2.45, 2.75) is 30.7 Å². The summed E-state index contributed by atoms with van der Waals surface area (Å²) in [4.78, 5) is 1.31. The molecule has 2 N–H and O–H groups in total. The number of hydrogen-bond donors (Lipinski definition) is 2. The van der Waals surface area contributed by atoms with E-state index in [4.69, 9.17) is 5.11 Å². The molecule has 17 heavy (non-hydrogen) atoms. The Hall–Kier alpha value is -0.510. The van der Waals surface area contributed by atoms with Gasteiger partial charge in [0, 0.05) is 24.6 Å². The number of benzene rings is 1. The molecule has 0 aliphatic heterocycles. The van der Waals surface area contributed by atoms with Crippen LogP contribution in [0.4, 0.5) is 0 Å². The second-order valence-electron chi connectivity index (χ2n) is 4.93. The van der Waals surface area contributed by atoms with Crippen molar-refractivity contribution in [2.24, 2.45) is 5.41 Å². The Morgan fingerprint density at radius 2 is 2.00 bits per heavy atom. The topological polar surface area (TPSA) is 32.3 Å². The van der Waals surface area contributed by atoms with E-state index in [1.165, 1.54) is 23.3 Å². The van der Waals surface area contributed by atoms with Crippen molar-refractivity contribution in [1.29, 1.82) is 0 Å². The van der Waals surface area contributed by atoms with E-state index in [1.54, 1.807) is 11.8 Å². The summed E-state index contributed by atoms with van der Waals surface area (Å²) in [7, 11) is 0. The van der Waals surface area contributed by atoms with Gasteiger partial charge in [0.25, 0.3) is 0 Å². The molecule has 0 atom stereocenters. The number of aliphatic hydroxyl groups is 1.